The molecule has 1 saturated heterocycles. The van der Waals surface area contributed by atoms with Crippen LogP contribution in [0, 0.1) is 0 Å². The highest BCUT2D eigenvalue weighted by Gasteiger charge is 2.30. The normalized spacial score (nSPS) is 22.8. The van der Waals surface area contributed by atoms with E-state index in [4.69, 9.17) is 0 Å². The molecule has 0 radical (unpaired) electrons. The molecule has 2 rings (SSSR count). The fourth-order valence-corrected chi connectivity index (χ4v) is 5.76. The monoisotopic (exact) mass is 337 g/mol. The van der Waals surface area contributed by atoms with Gasteiger partial charge in [-0.25, -0.2) is 8.42 Å². The predicted molar refractivity (Wildman–Crippen MR) is 74.4 cm³/mol. The molecule has 0 N–H and O–H groups in total. The Kier molecular flexibility index (Phi) is 4.28. The Morgan fingerprint density at radius 3 is 2.88 bits per heavy atom. The maximum atomic E-state index is 12.4. The van der Waals surface area contributed by atoms with Crippen molar-refractivity contribution in [2.75, 3.05) is 13.1 Å². The van der Waals surface area contributed by atoms with Gasteiger partial charge < -0.3 is 0 Å². The van der Waals surface area contributed by atoms with Gasteiger partial charge >= 0.3 is 0 Å². The summed E-state index contributed by atoms with van der Waals surface area (Å²) in [6.45, 7) is 3.27. The molecule has 3 nitrogen and oxygen atoms in total. The van der Waals surface area contributed by atoms with Gasteiger partial charge in [-0.2, -0.15) is 4.31 Å². The SMILES string of the molecule is CCc1ccc(S(=O)(=O)N2CCCC(Br)C2)s1. The van der Waals surface area contributed by atoms with Crippen LogP contribution in [0.3, 0.4) is 0 Å². The molecule has 2 heterocycles. The van der Waals surface area contributed by atoms with Crippen LogP contribution in [0.15, 0.2) is 16.3 Å². The zero-order valence-electron chi connectivity index (χ0n) is 9.73. The first-order chi connectivity index (χ1) is 8.04. The maximum Gasteiger partial charge on any atom is 0.252 e. The molecule has 96 valence electrons. The lowest BCUT2D eigenvalue weighted by Gasteiger charge is -2.28. The lowest BCUT2D eigenvalue weighted by Crippen LogP contribution is -2.39. The number of hydrogen-bond acceptors (Lipinski definition) is 3. The molecule has 1 unspecified atom stereocenters. The minimum Gasteiger partial charge on any atom is -0.206 e. The molecule has 17 heavy (non-hydrogen) atoms. The summed E-state index contributed by atoms with van der Waals surface area (Å²) in [5, 5.41) is 0. The van der Waals surface area contributed by atoms with Crippen LogP contribution in [0.5, 0.6) is 0 Å². The Morgan fingerprint density at radius 1 is 1.53 bits per heavy atom. The average Bonchev–Trinajstić information content (AvgIpc) is 2.78. The van der Waals surface area contributed by atoms with E-state index in [0.717, 1.165) is 24.1 Å². The molecule has 0 saturated carbocycles. The number of thiophene rings is 1. The summed E-state index contributed by atoms with van der Waals surface area (Å²) < 4.78 is 26.8. The quantitative estimate of drug-likeness (QED) is 0.795. The van der Waals surface area contributed by atoms with Crippen LogP contribution in [-0.2, 0) is 16.4 Å². The molecule has 6 heteroatoms. The second-order valence-corrected chi connectivity index (χ2v) is 8.80. The second-order valence-electron chi connectivity index (χ2n) is 4.18. The van der Waals surface area contributed by atoms with Gasteiger partial charge in [0.25, 0.3) is 10.0 Å². The van der Waals surface area contributed by atoms with E-state index in [0.29, 0.717) is 17.3 Å². The highest BCUT2D eigenvalue weighted by molar-refractivity contribution is 9.09. The van der Waals surface area contributed by atoms with Gasteiger partial charge in [-0.05, 0) is 31.4 Å². The van der Waals surface area contributed by atoms with Gasteiger partial charge in [0.1, 0.15) is 4.21 Å². The van der Waals surface area contributed by atoms with Crippen LogP contribution in [0.2, 0.25) is 0 Å². The number of aryl methyl sites for hydroxylation is 1. The Hall–Kier alpha value is 0.0900. The third kappa shape index (κ3) is 2.92. The van der Waals surface area contributed by atoms with E-state index in [2.05, 4.69) is 15.9 Å². The Bertz CT molecular complexity index is 483. The maximum absolute atomic E-state index is 12.4. The summed E-state index contributed by atoms with van der Waals surface area (Å²) in [5.74, 6) is 0. The predicted octanol–water partition coefficient (Wildman–Crippen LogP) is 2.86. The van der Waals surface area contributed by atoms with Crippen molar-refractivity contribution in [1.82, 2.24) is 4.31 Å². The highest BCUT2D eigenvalue weighted by Crippen LogP contribution is 2.28. The number of rotatable bonds is 3. The van der Waals surface area contributed by atoms with E-state index in [-0.39, 0.29) is 4.83 Å². The van der Waals surface area contributed by atoms with Crippen LogP contribution in [0.25, 0.3) is 0 Å². The first kappa shape index (κ1) is 13.5. The molecular formula is C11H16BrNO2S2. The first-order valence-corrected chi connectivity index (χ1v) is 8.94. The molecule has 0 bridgehead atoms. The summed E-state index contributed by atoms with van der Waals surface area (Å²) in [6.07, 6.45) is 2.87. The topological polar surface area (TPSA) is 37.4 Å². The van der Waals surface area contributed by atoms with Gasteiger partial charge in [-0.3, -0.25) is 0 Å². The lowest BCUT2D eigenvalue weighted by molar-refractivity contribution is 0.357. The summed E-state index contributed by atoms with van der Waals surface area (Å²) in [7, 11) is -3.26. The number of halogens is 1. The van der Waals surface area contributed by atoms with Gasteiger partial charge in [0.05, 0.1) is 0 Å². The highest BCUT2D eigenvalue weighted by atomic mass is 79.9. The van der Waals surface area contributed by atoms with Crippen molar-refractivity contribution < 1.29 is 8.42 Å². The minimum absolute atomic E-state index is 0.289. The minimum atomic E-state index is -3.26. The molecule has 0 aliphatic carbocycles. The van der Waals surface area contributed by atoms with Crippen molar-refractivity contribution >= 4 is 37.3 Å². The van der Waals surface area contributed by atoms with E-state index in [1.54, 1.807) is 10.4 Å². The van der Waals surface area contributed by atoms with Crippen molar-refractivity contribution in [3.63, 3.8) is 0 Å². The Labute approximate surface area is 115 Å². The van der Waals surface area contributed by atoms with Crippen molar-refractivity contribution in [3.8, 4) is 0 Å². The van der Waals surface area contributed by atoms with Crippen LogP contribution >= 0.6 is 27.3 Å². The number of nitrogens with zero attached hydrogens (tertiary/aromatic N) is 1. The molecule has 1 aliphatic heterocycles. The Balaban J connectivity index is 2.23. The fraction of sp³-hybridized carbons (Fsp3) is 0.636. The van der Waals surface area contributed by atoms with Gasteiger partial charge in [-0.1, -0.05) is 22.9 Å². The van der Waals surface area contributed by atoms with Crippen molar-refractivity contribution in [3.05, 3.63) is 17.0 Å². The van der Waals surface area contributed by atoms with Crippen molar-refractivity contribution in [2.24, 2.45) is 0 Å². The number of alkyl halides is 1. The van der Waals surface area contributed by atoms with Gasteiger partial charge in [0.2, 0.25) is 0 Å². The molecule has 0 spiro atoms. The standard InChI is InChI=1S/C11H16BrNO2S2/c1-2-10-5-6-11(16-10)17(14,15)13-7-3-4-9(12)8-13/h5-6,9H,2-4,7-8H2,1H3. The third-order valence-corrected chi connectivity index (χ3v) is 7.22. The van der Waals surface area contributed by atoms with Gasteiger partial charge in [0.15, 0.2) is 0 Å². The molecule has 1 aromatic rings. The van der Waals surface area contributed by atoms with E-state index in [1.807, 2.05) is 13.0 Å². The van der Waals surface area contributed by atoms with E-state index in [1.165, 1.54) is 11.3 Å². The smallest absolute Gasteiger partial charge is 0.206 e. The van der Waals surface area contributed by atoms with Crippen LogP contribution in [0.1, 0.15) is 24.6 Å². The zero-order chi connectivity index (χ0) is 12.5. The average molecular weight is 338 g/mol. The molecule has 1 fully saturated rings. The lowest BCUT2D eigenvalue weighted by atomic mass is 10.2. The van der Waals surface area contributed by atoms with Crippen molar-refractivity contribution in [1.29, 1.82) is 0 Å². The summed E-state index contributed by atoms with van der Waals surface area (Å²) >= 11 is 4.90. The third-order valence-electron chi connectivity index (χ3n) is 2.91. The van der Waals surface area contributed by atoms with E-state index < -0.39 is 10.0 Å². The Morgan fingerprint density at radius 2 is 2.29 bits per heavy atom. The van der Waals surface area contributed by atoms with Gasteiger partial charge in [0, 0.05) is 22.8 Å². The number of piperidine rings is 1. The first-order valence-electron chi connectivity index (χ1n) is 5.77. The molecule has 0 aromatic carbocycles. The zero-order valence-corrected chi connectivity index (χ0v) is 12.9. The van der Waals surface area contributed by atoms with E-state index in [9.17, 15) is 8.42 Å². The number of sulfonamides is 1. The molecular weight excluding hydrogens is 322 g/mol. The van der Waals surface area contributed by atoms with Crippen molar-refractivity contribution in [2.45, 2.75) is 35.2 Å². The summed E-state index contributed by atoms with van der Waals surface area (Å²) in [6, 6.07) is 3.64. The second kappa shape index (κ2) is 5.38. The molecule has 1 aromatic heterocycles. The van der Waals surface area contributed by atoms with Gasteiger partial charge in [-0.15, -0.1) is 11.3 Å². The molecule has 1 atom stereocenters. The summed E-state index contributed by atoms with van der Waals surface area (Å²) in [5.41, 5.74) is 0. The van der Waals surface area contributed by atoms with E-state index >= 15 is 0 Å². The number of hydrogen-bond donors (Lipinski definition) is 0. The van der Waals surface area contributed by atoms with Crippen LogP contribution in [-0.4, -0.2) is 30.6 Å². The van der Waals surface area contributed by atoms with Crippen LogP contribution < -0.4 is 0 Å². The molecule has 0 amide bonds. The largest absolute Gasteiger partial charge is 0.252 e. The fourth-order valence-electron chi connectivity index (χ4n) is 1.93. The van der Waals surface area contributed by atoms with Crippen LogP contribution in [0.4, 0.5) is 0 Å². The summed E-state index contributed by atoms with van der Waals surface area (Å²) in [4.78, 5) is 1.41. The molecule has 1 aliphatic rings.